The number of aliphatic hydroxyl groups is 1. The molecule has 0 aliphatic carbocycles. The summed E-state index contributed by atoms with van der Waals surface area (Å²) in [6.07, 6.45) is 0. The predicted molar refractivity (Wildman–Crippen MR) is 63.4 cm³/mol. The van der Waals surface area contributed by atoms with Gasteiger partial charge >= 0.3 is 5.97 Å². The zero-order valence-electron chi connectivity index (χ0n) is 9.57. The fourth-order valence-corrected chi connectivity index (χ4v) is 2.44. The number of sulfone groups is 1. The highest BCUT2D eigenvalue weighted by atomic mass is 32.2. The lowest BCUT2D eigenvalue weighted by Gasteiger charge is -2.05. The molecule has 18 heavy (non-hydrogen) atoms. The van der Waals surface area contributed by atoms with E-state index in [1.165, 1.54) is 18.2 Å². The Morgan fingerprint density at radius 1 is 1.28 bits per heavy atom. The maximum atomic E-state index is 11.8. The van der Waals surface area contributed by atoms with Gasteiger partial charge in [0.1, 0.15) is 0 Å². The van der Waals surface area contributed by atoms with E-state index in [1.807, 2.05) is 0 Å². The van der Waals surface area contributed by atoms with E-state index in [2.05, 4.69) is 0 Å². The van der Waals surface area contributed by atoms with Gasteiger partial charge < -0.3 is 14.9 Å². The molecule has 0 atom stereocenters. The molecule has 1 rings (SSSR count). The van der Waals surface area contributed by atoms with Gasteiger partial charge in [0, 0.05) is 0 Å². The Balaban J connectivity index is 2.78. The summed E-state index contributed by atoms with van der Waals surface area (Å²) in [5.41, 5.74) is -0.0765. The zero-order valence-corrected chi connectivity index (χ0v) is 10.4. The Morgan fingerprint density at radius 2 is 2.00 bits per heavy atom. The molecule has 0 saturated heterocycles. The van der Waals surface area contributed by atoms with Gasteiger partial charge in [0.2, 0.25) is 0 Å². The van der Waals surface area contributed by atoms with E-state index in [-0.39, 0.29) is 36.0 Å². The number of hydrogen-bond acceptors (Lipinski definition) is 5. The first-order valence-electron chi connectivity index (χ1n) is 5.22. The molecule has 0 saturated carbocycles. The predicted octanol–water partition coefficient (Wildman–Crippen LogP) is 0.167. The van der Waals surface area contributed by atoms with Crippen molar-refractivity contribution in [2.45, 2.75) is 4.90 Å². The average Bonchev–Trinajstić information content (AvgIpc) is 2.35. The molecule has 1 aromatic carbocycles. The van der Waals surface area contributed by atoms with Crippen molar-refractivity contribution in [1.82, 2.24) is 0 Å². The van der Waals surface area contributed by atoms with Gasteiger partial charge in [-0.15, -0.1) is 0 Å². The summed E-state index contributed by atoms with van der Waals surface area (Å²) in [5.74, 6) is -1.43. The summed E-state index contributed by atoms with van der Waals surface area (Å²) < 4.78 is 28.5. The topological polar surface area (TPSA) is 101 Å². The molecular formula is C11H14O6S. The van der Waals surface area contributed by atoms with Crippen molar-refractivity contribution in [3.8, 4) is 0 Å². The van der Waals surface area contributed by atoms with Crippen LogP contribution in [0, 0.1) is 0 Å². The highest BCUT2D eigenvalue weighted by molar-refractivity contribution is 7.91. The molecule has 0 bridgehead atoms. The smallest absolute Gasteiger partial charge is 0.335 e. The van der Waals surface area contributed by atoms with Crippen LogP contribution >= 0.6 is 0 Å². The summed E-state index contributed by atoms with van der Waals surface area (Å²) in [6, 6.07) is 5.16. The molecule has 0 amide bonds. The third kappa shape index (κ3) is 4.10. The van der Waals surface area contributed by atoms with E-state index in [0.29, 0.717) is 0 Å². The van der Waals surface area contributed by atoms with Gasteiger partial charge in [-0.05, 0) is 18.2 Å². The minimum Gasteiger partial charge on any atom is -0.478 e. The number of aromatic carboxylic acids is 1. The van der Waals surface area contributed by atoms with Crippen molar-refractivity contribution in [3.05, 3.63) is 29.8 Å². The summed E-state index contributed by atoms with van der Waals surface area (Å²) in [6.45, 7) is -0.139. The van der Waals surface area contributed by atoms with Crippen molar-refractivity contribution in [2.24, 2.45) is 0 Å². The van der Waals surface area contributed by atoms with Crippen LogP contribution in [-0.4, -0.2) is 50.2 Å². The lowest BCUT2D eigenvalue weighted by Crippen LogP contribution is -2.14. The number of carboxylic acids is 1. The molecule has 0 spiro atoms. The Hall–Kier alpha value is -1.44. The highest BCUT2D eigenvalue weighted by Gasteiger charge is 2.16. The molecule has 2 N–H and O–H groups in total. The molecule has 0 heterocycles. The first kappa shape index (κ1) is 14.6. The number of aliphatic hydroxyl groups excluding tert-OH is 1. The van der Waals surface area contributed by atoms with Crippen molar-refractivity contribution in [2.75, 3.05) is 25.6 Å². The van der Waals surface area contributed by atoms with E-state index < -0.39 is 15.8 Å². The number of ether oxygens (including phenoxy) is 1. The van der Waals surface area contributed by atoms with Gasteiger partial charge in [0.05, 0.1) is 36.0 Å². The van der Waals surface area contributed by atoms with Gasteiger partial charge in [0.25, 0.3) is 0 Å². The van der Waals surface area contributed by atoms with Crippen molar-refractivity contribution >= 4 is 15.8 Å². The van der Waals surface area contributed by atoms with Crippen LogP contribution in [-0.2, 0) is 14.6 Å². The van der Waals surface area contributed by atoms with E-state index in [4.69, 9.17) is 14.9 Å². The van der Waals surface area contributed by atoms with Crippen LogP contribution in [0.2, 0.25) is 0 Å². The molecule has 1 aromatic rings. The van der Waals surface area contributed by atoms with Crippen molar-refractivity contribution in [1.29, 1.82) is 0 Å². The number of carbonyl (C=O) groups is 1. The van der Waals surface area contributed by atoms with Gasteiger partial charge in [-0.3, -0.25) is 0 Å². The summed E-state index contributed by atoms with van der Waals surface area (Å²) in [5, 5.41) is 17.2. The standard InChI is InChI=1S/C11H14O6S/c12-4-5-17-6-7-18(15,16)10-3-1-2-9(8-10)11(13)14/h1-3,8,12H,4-7H2,(H,13,14). The summed E-state index contributed by atoms with van der Waals surface area (Å²) >= 11 is 0. The van der Waals surface area contributed by atoms with Crippen LogP contribution in [0.4, 0.5) is 0 Å². The summed E-state index contributed by atoms with van der Waals surface area (Å²) in [7, 11) is -3.57. The second-order valence-corrected chi connectivity index (χ2v) is 5.60. The Morgan fingerprint density at radius 3 is 2.61 bits per heavy atom. The minimum atomic E-state index is -3.57. The van der Waals surface area contributed by atoms with Crippen LogP contribution in [0.1, 0.15) is 10.4 Å². The van der Waals surface area contributed by atoms with Gasteiger partial charge in [-0.25, -0.2) is 13.2 Å². The second kappa shape index (κ2) is 6.48. The molecular weight excluding hydrogens is 260 g/mol. The Labute approximate surface area is 105 Å². The quantitative estimate of drug-likeness (QED) is 0.687. The summed E-state index contributed by atoms with van der Waals surface area (Å²) in [4.78, 5) is 10.7. The van der Waals surface area contributed by atoms with E-state index in [1.54, 1.807) is 0 Å². The zero-order chi connectivity index (χ0) is 13.6. The fourth-order valence-electron chi connectivity index (χ4n) is 1.28. The number of benzene rings is 1. The Kier molecular flexibility index (Phi) is 5.26. The van der Waals surface area contributed by atoms with Crippen LogP contribution in [0.25, 0.3) is 0 Å². The maximum absolute atomic E-state index is 11.8. The molecule has 0 fully saturated rings. The Bertz CT molecular complexity index is 508. The monoisotopic (exact) mass is 274 g/mol. The van der Waals surface area contributed by atoms with Crippen LogP contribution in [0.3, 0.4) is 0 Å². The molecule has 7 heteroatoms. The minimum absolute atomic E-state index is 0.0415. The number of rotatable bonds is 7. The average molecular weight is 274 g/mol. The maximum Gasteiger partial charge on any atom is 0.335 e. The third-order valence-corrected chi connectivity index (χ3v) is 3.85. The molecule has 0 aliphatic rings. The third-order valence-electron chi connectivity index (χ3n) is 2.17. The van der Waals surface area contributed by atoms with Gasteiger partial charge in [-0.1, -0.05) is 6.07 Å². The molecule has 6 nitrogen and oxygen atoms in total. The lowest BCUT2D eigenvalue weighted by molar-refractivity contribution is 0.0696. The molecule has 0 unspecified atom stereocenters. The normalized spacial score (nSPS) is 11.4. The van der Waals surface area contributed by atoms with E-state index in [9.17, 15) is 13.2 Å². The van der Waals surface area contributed by atoms with E-state index in [0.717, 1.165) is 6.07 Å². The highest BCUT2D eigenvalue weighted by Crippen LogP contribution is 2.13. The number of hydrogen-bond donors (Lipinski definition) is 2. The van der Waals surface area contributed by atoms with Crippen LogP contribution in [0.15, 0.2) is 29.2 Å². The SMILES string of the molecule is O=C(O)c1cccc(S(=O)(=O)CCOCCO)c1. The molecule has 0 radical (unpaired) electrons. The fraction of sp³-hybridized carbons (Fsp3) is 0.364. The van der Waals surface area contributed by atoms with Gasteiger partial charge in [0.15, 0.2) is 9.84 Å². The first-order chi connectivity index (χ1) is 8.47. The largest absolute Gasteiger partial charge is 0.478 e. The van der Waals surface area contributed by atoms with E-state index >= 15 is 0 Å². The van der Waals surface area contributed by atoms with Crippen molar-refractivity contribution in [3.63, 3.8) is 0 Å². The van der Waals surface area contributed by atoms with Crippen LogP contribution in [0.5, 0.6) is 0 Å². The van der Waals surface area contributed by atoms with Crippen molar-refractivity contribution < 1.29 is 28.2 Å². The molecule has 0 aromatic heterocycles. The number of carboxylic acid groups (broad SMARTS) is 1. The molecule has 0 aliphatic heterocycles. The first-order valence-corrected chi connectivity index (χ1v) is 6.87. The molecule has 100 valence electrons. The van der Waals surface area contributed by atoms with Gasteiger partial charge in [-0.2, -0.15) is 0 Å². The lowest BCUT2D eigenvalue weighted by atomic mass is 10.2. The second-order valence-electron chi connectivity index (χ2n) is 3.49. The van der Waals surface area contributed by atoms with Crippen LogP contribution < -0.4 is 0 Å².